The molecule has 1 rings (SSSR count). The molecule has 0 aliphatic carbocycles. The predicted octanol–water partition coefficient (Wildman–Crippen LogP) is 3.21. The zero-order chi connectivity index (χ0) is 9.68. The zero-order valence-corrected chi connectivity index (χ0v) is 8.23. The van der Waals surface area contributed by atoms with Crippen molar-refractivity contribution in [3.05, 3.63) is 29.6 Å². The Morgan fingerprint density at radius 3 is 2.69 bits per heavy atom. The molecule has 2 heteroatoms. The van der Waals surface area contributed by atoms with Gasteiger partial charge in [-0.15, -0.1) is 0 Å². The molecule has 0 fully saturated rings. The van der Waals surface area contributed by atoms with Crippen molar-refractivity contribution in [2.75, 3.05) is 11.9 Å². The highest BCUT2D eigenvalue weighted by atomic mass is 19.1. The SMILES string of the molecule is CCCc1cc(F)ccc1NCC. The van der Waals surface area contributed by atoms with Crippen LogP contribution < -0.4 is 5.32 Å². The summed E-state index contributed by atoms with van der Waals surface area (Å²) in [4.78, 5) is 0. The van der Waals surface area contributed by atoms with E-state index in [9.17, 15) is 4.39 Å². The molecular formula is C11H16FN. The molecule has 0 spiro atoms. The molecule has 0 heterocycles. The highest BCUT2D eigenvalue weighted by Crippen LogP contribution is 2.18. The fourth-order valence-corrected chi connectivity index (χ4v) is 1.40. The largest absolute Gasteiger partial charge is 0.385 e. The summed E-state index contributed by atoms with van der Waals surface area (Å²) in [5.41, 5.74) is 2.13. The van der Waals surface area contributed by atoms with Gasteiger partial charge in [-0.1, -0.05) is 13.3 Å². The summed E-state index contributed by atoms with van der Waals surface area (Å²) in [5.74, 6) is -0.148. The Labute approximate surface area is 79.0 Å². The van der Waals surface area contributed by atoms with Gasteiger partial charge in [0.25, 0.3) is 0 Å². The van der Waals surface area contributed by atoms with Crippen molar-refractivity contribution in [2.45, 2.75) is 26.7 Å². The Hall–Kier alpha value is -1.05. The van der Waals surface area contributed by atoms with E-state index in [4.69, 9.17) is 0 Å². The van der Waals surface area contributed by atoms with E-state index in [0.717, 1.165) is 30.6 Å². The molecule has 1 aromatic carbocycles. The molecule has 1 nitrogen and oxygen atoms in total. The van der Waals surface area contributed by atoms with Crippen molar-refractivity contribution < 1.29 is 4.39 Å². The van der Waals surface area contributed by atoms with Crippen LogP contribution >= 0.6 is 0 Å². The summed E-state index contributed by atoms with van der Waals surface area (Å²) in [6.07, 6.45) is 1.97. The first-order valence-corrected chi connectivity index (χ1v) is 4.80. The van der Waals surface area contributed by atoms with Crippen molar-refractivity contribution in [1.82, 2.24) is 0 Å². The number of hydrogen-bond donors (Lipinski definition) is 1. The second-order valence-electron chi connectivity index (χ2n) is 3.08. The van der Waals surface area contributed by atoms with Gasteiger partial charge in [0, 0.05) is 12.2 Å². The second-order valence-corrected chi connectivity index (χ2v) is 3.08. The van der Waals surface area contributed by atoms with Gasteiger partial charge in [-0.3, -0.25) is 0 Å². The van der Waals surface area contributed by atoms with Gasteiger partial charge in [0.1, 0.15) is 5.82 Å². The van der Waals surface area contributed by atoms with Crippen LogP contribution in [0.4, 0.5) is 10.1 Å². The quantitative estimate of drug-likeness (QED) is 0.752. The molecule has 72 valence electrons. The van der Waals surface area contributed by atoms with Crippen molar-refractivity contribution in [2.24, 2.45) is 0 Å². The van der Waals surface area contributed by atoms with Gasteiger partial charge in [0.15, 0.2) is 0 Å². The maximum atomic E-state index is 12.9. The van der Waals surface area contributed by atoms with Gasteiger partial charge in [-0.2, -0.15) is 0 Å². The van der Waals surface area contributed by atoms with E-state index in [1.807, 2.05) is 13.0 Å². The van der Waals surface area contributed by atoms with Crippen LogP contribution in [-0.2, 0) is 6.42 Å². The lowest BCUT2D eigenvalue weighted by atomic mass is 10.1. The minimum absolute atomic E-state index is 0.148. The molecule has 13 heavy (non-hydrogen) atoms. The van der Waals surface area contributed by atoms with Crippen molar-refractivity contribution in [1.29, 1.82) is 0 Å². The van der Waals surface area contributed by atoms with Crippen LogP contribution in [0, 0.1) is 5.82 Å². The fraction of sp³-hybridized carbons (Fsp3) is 0.455. The number of hydrogen-bond acceptors (Lipinski definition) is 1. The molecule has 0 saturated heterocycles. The summed E-state index contributed by atoms with van der Waals surface area (Å²) in [5, 5.41) is 3.22. The van der Waals surface area contributed by atoms with E-state index >= 15 is 0 Å². The smallest absolute Gasteiger partial charge is 0.123 e. The molecule has 0 atom stereocenters. The molecular weight excluding hydrogens is 165 g/mol. The van der Waals surface area contributed by atoms with Crippen molar-refractivity contribution in [3.63, 3.8) is 0 Å². The van der Waals surface area contributed by atoms with Gasteiger partial charge in [0.05, 0.1) is 0 Å². The van der Waals surface area contributed by atoms with Crippen LogP contribution in [0.2, 0.25) is 0 Å². The van der Waals surface area contributed by atoms with E-state index < -0.39 is 0 Å². The van der Waals surface area contributed by atoms with E-state index in [0.29, 0.717) is 0 Å². The Bertz CT molecular complexity index is 271. The van der Waals surface area contributed by atoms with Crippen molar-refractivity contribution >= 4 is 5.69 Å². The molecule has 1 N–H and O–H groups in total. The lowest BCUT2D eigenvalue weighted by Gasteiger charge is -2.09. The topological polar surface area (TPSA) is 12.0 Å². The van der Waals surface area contributed by atoms with Gasteiger partial charge < -0.3 is 5.32 Å². The maximum Gasteiger partial charge on any atom is 0.123 e. The monoisotopic (exact) mass is 181 g/mol. The summed E-state index contributed by atoms with van der Waals surface area (Å²) < 4.78 is 12.9. The average molecular weight is 181 g/mol. The third-order valence-corrected chi connectivity index (χ3v) is 1.95. The van der Waals surface area contributed by atoms with Crippen LogP contribution in [0.25, 0.3) is 0 Å². The molecule has 0 radical (unpaired) electrons. The normalized spacial score (nSPS) is 10.1. The van der Waals surface area contributed by atoms with E-state index in [2.05, 4.69) is 12.2 Å². The Kier molecular flexibility index (Phi) is 3.74. The average Bonchev–Trinajstić information content (AvgIpc) is 2.10. The zero-order valence-electron chi connectivity index (χ0n) is 8.23. The van der Waals surface area contributed by atoms with Crippen LogP contribution in [-0.4, -0.2) is 6.54 Å². The number of anilines is 1. The van der Waals surface area contributed by atoms with Gasteiger partial charge >= 0.3 is 0 Å². The number of benzene rings is 1. The van der Waals surface area contributed by atoms with Gasteiger partial charge in [-0.05, 0) is 37.1 Å². The van der Waals surface area contributed by atoms with Crippen molar-refractivity contribution in [3.8, 4) is 0 Å². The van der Waals surface area contributed by atoms with Crippen LogP contribution in [0.5, 0.6) is 0 Å². The summed E-state index contributed by atoms with van der Waals surface area (Å²) in [6.45, 7) is 5.02. The Morgan fingerprint density at radius 2 is 2.08 bits per heavy atom. The van der Waals surface area contributed by atoms with E-state index in [1.54, 1.807) is 6.07 Å². The fourth-order valence-electron chi connectivity index (χ4n) is 1.40. The summed E-state index contributed by atoms with van der Waals surface area (Å²) in [6, 6.07) is 4.92. The number of rotatable bonds is 4. The number of nitrogens with one attached hydrogen (secondary N) is 1. The molecule has 0 aliphatic heterocycles. The lowest BCUT2D eigenvalue weighted by Crippen LogP contribution is -2.01. The lowest BCUT2D eigenvalue weighted by molar-refractivity contribution is 0.625. The molecule has 0 bridgehead atoms. The standard InChI is InChI=1S/C11H16FN/c1-3-5-9-8-10(12)6-7-11(9)13-4-2/h6-8,13H,3-5H2,1-2H3. The molecule has 0 aliphatic rings. The first kappa shape index (κ1) is 10.0. The van der Waals surface area contributed by atoms with Gasteiger partial charge in [-0.25, -0.2) is 4.39 Å². The predicted molar refractivity (Wildman–Crippen MR) is 54.6 cm³/mol. The molecule has 0 saturated carbocycles. The molecule has 0 amide bonds. The second kappa shape index (κ2) is 4.85. The Balaban J connectivity index is 2.89. The molecule has 1 aromatic rings. The van der Waals surface area contributed by atoms with E-state index in [1.165, 1.54) is 6.07 Å². The highest BCUT2D eigenvalue weighted by Gasteiger charge is 2.01. The molecule has 0 unspecified atom stereocenters. The van der Waals surface area contributed by atoms with Crippen LogP contribution in [0.1, 0.15) is 25.8 Å². The van der Waals surface area contributed by atoms with E-state index in [-0.39, 0.29) is 5.82 Å². The summed E-state index contributed by atoms with van der Waals surface area (Å²) in [7, 11) is 0. The number of aryl methyl sites for hydroxylation is 1. The first-order valence-electron chi connectivity index (χ1n) is 4.80. The summed E-state index contributed by atoms with van der Waals surface area (Å²) >= 11 is 0. The number of halogens is 1. The van der Waals surface area contributed by atoms with Gasteiger partial charge in [0.2, 0.25) is 0 Å². The minimum Gasteiger partial charge on any atom is -0.385 e. The third-order valence-electron chi connectivity index (χ3n) is 1.95. The maximum absolute atomic E-state index is 12.9. The Morgan fingerprint density at radius 1 is 1.31 bits per heavy atom. The minimum atomic E-state index is -0.148. The van der Waals surface area contributed by atoms with Crippen LogP contribution in [0.15, 0.2) is 18.2 Å². The highest BCUT2D eigenvalue weighted by molar-refractivity contribution is 5.51. The third kappa shape index (κ3) is 2.72. The first-order chi connectivity index (χ1) is 6.27. The molecule has 0 aromatic heterocycles. The van der Waals surface area contributed by atoms with Crippen LogP contribution in [0.3, 0.4) is 0 Å².